The number of aromatic nitrogens is 1. The van der Waals surface area contributed by atoms with Gasteiger partial charge in [-0.25, -0.2) is 4.98 Å². The standard InChI is InChI=1S/C47H76N6O10S2/c1-11-16-41(56)62-29-53(47(60)42(31(5)12-2)51-45(59)38-17-13-14-23-52(38)8)39(30(3)4)27-40(63-33(7)54)46-50-37(28-64-46)44(58)49-35(26-34-18-20-36(55)21-19-34)25-32(6)43(57)48-22-15-24-65(9,10)61/h18-21,28,30-32,35,38-40,42,55,65H,11-17,22-27,29H2,1-10H3,(H,48,57)(H,49,58)(H,51,59)/t31-,32-,35+,38+,39+,40+,42-/m0/s1. The van der Waals surface area contributed by atoms with Crippen molar-refractivity contribution < 1.29 is 47.6 Å². The van der Waals surface area contributed by atoms with E-state index in [2.05, 4.69) is 20.9 Å². The zero-order valence-electron chi connectivity index (χ0n) is 40.2. The summed E-state index contributed by atoms with van der Waals surface area (Å²) in [7, 11) is -0.306. The van der Waals surface area contributed by atoms with E-state index in [4.69, 9.17) is 9.47 Å². The Balaban J connectivity index is 1.92. The second-order valence-electron chi connectivity index (χ2n) is 18.4. The quantitative estimate of drug-likeness (QED) is 0.0358. The Morgan fingerprint density at radius 3 is 2.31 bits per heavy atom. The highest BCUT2D eigenvalue weighted by Crippen LogP contribution is 2.32. The number of thiol groups is 1. The molecule has 1 aliphatic rings. The molecule has 4 N–H and O–H groups in total. The maximum atomic E-state index is 14.8. The highest BCUT2D eigenvalue weighted by Gasteiger charge is 2.39. The van der Waals surface area contributed by atoms with E-state index in [0.29, 0.717) is 49.4 Å². The summed E-state index contributed by atoms with van der Waals surface area (Å²) >= 11 is 1.12. The fourth-order valence-electron chi connectivity index (χ4n) is 7.92. The Bertz CT molecular complexity index is 1920. The highest BCUT2D eigenvalue weighted by atomic mass is 32.2. The van der Waals surface area contributed by atoms with Gasteiger partial charge >= 0.3 is 11.9 Å². The molecule has 18 heteroatoms. The van der Waals surface area contributed by atoms with Crippen molar-refractivity contribution in [3.63, 3.8) is 0 Å². The van der Waals surface area contributed by atoms with Crippen LogP contribution in [0.3, 0.4) is 0 Å². The van der Waals surface area contributed by atoms with Gasteiger partial charge in [0.2, 0.25) is 17.7 Å². The summed E-state index contributed by atoms with van der Waals surface area (Å²) in [6.45, 7) is 13.3. The molecule has 0 unspecified atom stereocenters. The molecule has 0 radical (unpaired) electrons. The topological polar surface area (TPSA) is 214 Å². The number of phenols is 1. The molecule has 0 saturated carbocycles. The number of hydrogen-bond acceptors (Lipinski definition) is 13. The van der Waals surface area contributed by atoms with Gasteiger partial charge in [-0.15, -0.1) is 21.3 Å². The van der Waals surface area contributed by atoms with Gasteiger partial charge in [0, 0.05) is 55.4 Å². The van der Waals surface area contributed by atoms with Gasteiger partial charge in [0.25, 0.3) is 5.91 Å². The van der Waals surface area contributed by atoms with Gasteiger partial charge < -0.3 is 35.4 Å². The lowest BCUT2D eigenvalue weighted by atomic mass is 9.92. The summed E-state index contributed by atoms with van der Waals surface area (Å²) in [6.07, 6.45) is 7.54. The number of carbonyl (C=O) groups excluding carboxylic acids is 6. The fourth-order valence-corrected chi connectivity index (χ4v) is 9.68. The number of esters is 2. The highest BCUT2D eigenvalue weighted by molar-refractivity contribution is 8.01. The van der Waals surface area contributed by atoms with Crippen LogP contribution in [0.2, 0.25) is 0 Å². The van der Waals surface area contributed by atoms with Crippen molar-refractivity contribution in [2.24, 2.45) is 17.8 Å². The second kappa shape index (κ2) is 26.7. The van der Waals surface area contributed by atoms with Gasteiger partial charge in [-0.3, -0.25) is 37.9 Å². The van der Waals surface area contributed by atoms with Gasteiger partial charge in [-0.1, -0.05) is 66.5 Å². The van der Waals surface area contributed by atoms with Crippen molar-refractivity contribution in [1.29, 1.82) is 0 Å². The third-order valence-corrected chi connectivity index (χ3v) is 14.3. The third-order valence-electron chi connectivity index (χ3n) is 11.9. The Labute approximate surface area is 391 Å². The molecule has 1 aromatic heterocycles. The van der Waals surface area contributed by atoms with Crippen LogP contribution in [-0.4, -0.2) is 129 Å². The first kappa shape index (κ1) is 54.9. The molecule has 4 amide bonds. The van der Waals surface area contributed by atoms with Crippen molar-refractivity contribution in [1.82, 2.24) is 30.7 Å². The van der Waals surface area contributed by atoms with E-state index < -0.39 is 63.8 Å². The second-order valence-corrected chi connectivity index (χ2v) is 22.9. The molecule has 1 aromatic carbocycles. The van der Waals surface area contributed by atoms with Gasteiger partial charge in [0.1, 0.15) is 22.5 Å². The Morgan fingerprint density at radius 1 is 1.02 bits per heavy atom. The summed E-state index contributed by atoms with van der Waals surface area (Å²) in [5.41, 5.74) is 0.889. The predicted molar refractivity (Wildman–Crippen MR) is 255 cm³/mol. The number of hydrogen-bond donors (Lipinski definition) is 5. The van der Waals surface area contributed by atoms with Crippen LogP contribution < -0.4 is 16.0 Å². The molecular weight excluding hydrogens is 873 g/mol. The lowest BCUT2D eigenvalue weighted by Crippen LogP contribution is -2.59. The van der Waals surface area contributed by atoms with Crippen LogP contribution >= 0.6 is 11.3 Å². The maximum Gasteiger partial charge on any atom is 0.307 e. The van der Waals surface area contributed by atoms with Crippen molar-refractivity contribution >= 4 is 56.8 Å². The third kappa shape index (κ3) is 18.4. The van der Waals surface area contributed by atoms with Crippen LogP contribution in [0.25, 0.3) is 0 Å². The first-order valence-corrected chi connectivity index (χ1v) is 26.8. The molecule has 0 bridgehead atoms. The molecule has 1 fully saturated rings. The Hall–Kier alpha value is -4.42. The molecule has 16 nitrogen and oxygen atoms in total. The first-order valence-electron chi connectivity index (χ1n) is 23.1. The number of rotatable bonds is 26. The summed E-state index contributed by atoms with van der Waals surface area (Å²) in [6, 6.07) is 4.08. The van der Waals surface area contributed by atoms with Crippen molar-refractivity contribution in [2.45, 2.75) is 143 Å². The van der Waals surface area contributed by atoms with E-state index in [0.717, 1.165) is 36.3 Å². The van der Waals surface area contributed by atoms with Crippen LogP contribution in [0.1, 0.15) is 133 Å². The number of nitrogens with one attached hydrogen (secondary N) is 3. The normalized spacial score (nSPS) is 17.4. The minimum atomic E-state index is -2.21. The van der Waals surface area contributed by atoms with E-state index in [1.54, 1.807) is 49.1 Å². The van der Waals surface area contributed by atoms with E-state index in [1.165, 1.54) is 11.8 Å². The number of carbonyl (C=O) groups is 6. The number of amides is 4. The molecule has 2 aromatic rings. The molecule has 0 aliphatic carbocycles. The summed E-state index contributed by atoms with van der Waals surface area (Å²) in [5.74, 6) is -2.86. The molecule has 65 heavy (non-hydrogen) atoms. The van der Waals surface area contributed by atoms with Crippen molar-refractivity contribution in [2.75, 3.05) is 45.1 Å². The average Bonchev–Trinajstić information content (AvgIpc) is 3.74. The number of ether oxygens (including phenoxy) is 2. The fraction of sp³-hybridized carbons (Fsp3) is 0.681. The number of benzene rings is 1. The molecule has 366 valence electrons. The van der Waals surface area contributed by atoms with E-state index >= 15 is 0 Å². The molecule has 1 aliphatic heterocycles. The zero-order valence-corrected chi connectivity index (χ0v) is 41.9. The SMILES string of the molecule is CCCC(=O)OCN(C(=O)[C@@H](NC(=O)[C@H]1CCCCN1C)[C@@H](C)CC)[C@H](C[C@@H](OC(C)=O)c1nc(C(=O)N[C@@H](Cc2ccc(O)cc2)C[C@H](C)C(=O)NCCC[SH](C)(C)=O)cs1)C(C)C. The number of nitrogens with zero attached hydrogens (tertiary/aromatic N) is 3. The van der Waals surface area contributed by atoms with Crippen LogP contribution in [0.5, 0.6) is 5.75 Å². The van der Waals surface area contributed by atoms with E-state index in [1.807, 2.05) is 46.6 Å². The van der Waals surface area contributed by atoms with E-state index in [9.17, 15) is 38.1 Å². The molecule has 7 atom stereocenters. The van der Waals surface area contributed by atoms with Gasteiger partial charge in [0.15, 0.2) is 12.8 Å². The predicted octanol–water partition coefficient (Wildman–Crippen LogP) is 5.16. The number of likely N-dealkylation sites (tertiary alicyclic amines) is 1. The number of likely N-dealkylation sites (N-methyl/N-ethyl adjacent to an activating group) is 1. The lowest BCUT2D eigenvalue weighted by Gasteiger charge is -2.39. The van der Waals surface area contributed by atoms with Gasteiger partial charge in [-0.05, 0) is 94.2 Å². The molecular formula is C47H76N6O10S2. The maximum absolute atomic E-state index is 14.8. The first-order chi connectivity index (χ1) is 30.6. The van der Waals surface area contributed by atoms with Crippen molar-refractivity contribution in [3.8, 4) is 5.75 Å². The number of piperidine rings is 1. The minimum Gasteiger partial charge on any atom is -0.508 e. The van der Waals surface area contributed by atoms with Crippen molar-refractivity contribution in [3.05, 3.63) is 45.9 Å². The summed E-state index contributed by atoms with van der Waals surface area (Å²) in [5, 5.41) is 20.8. The van der Waals surface area contributed by atoms with Crippen LogP contribution in [0.15, 0.2) is 29.6 Å². The van der Waals surface area contributed by atoms with E-state index in [-0.39, 0.29) is 67.1 Å². The molecule has 0 spiro atoms. The molecule has 1 saturated heterocycles. The molecule has 2 heterocycles. The number of aromatic hydroxyl groups is 1. The average molecular weight is 949 g/mol. The van der Waals surface area contributed by atoms with Crippen LogP contribution in [0, 0.1) is 17.8 Å². The number of thiazole rings is 1. The van der Waals surface area contributed by atoms with Crippen LogP contribution in [-0.2, 0) is 49.8 Å². The lowest BCUT2D eigenvalue weighted by molar-refractivity contribution is -0.160. The largest absolute Gasteiger partial charge is 0.508 e. The summed E-state index contributed by atoms with van der Waals surface area (Å²) < 4.78 is 23.7. The monoisotopic (exact) mass is 949 g/mol. The van der Waals surface area contributed by atoms with Gasteiger partial charge in [0.05, 0.1) is 6.04 Å². The Morgan fingerprint density at radius 2 is 1.71 bits per heavy atom. The Kier molecular flexibility index (Phi) is 22.5. The number of phenolic OH excluding ortho intramolecular Hbond substituents is 1. The zero-order chi connectivity index (χ0) is 48.4. The smallest absolute Gasteiger partial charge is 0.307 e. The molecule has 3 rings (SSSR count). The van der Waals surface area contributed by atoms with Crippen LogP contribution in [0.4, 0.5) is 0 Å². The summed E-state index contributed by atoms with van der Waals surface area (Å²) in [4.78, 5) is 89.2. The van der Waals surface area contributed by atoms with Gasteiger partial charge in [-0.2, -0.15) is 0 Å². The minimum absolute atomic E-state index is 0.0413.